The van der Waals surface area contributed by atoms with Crippen LogP contribution >= 0.6 is 0 Å². The number of aromatic carboxylic acids is 1. The maximum absolute atomic E-state index is 11.4. The van der Waals surface area contributed by atoms with Crippen LogP contribution in [0.4, 0.5) is 0 Å². The smallest absolute Gasteiger partial charge is 0.336 e. The van der Waals surface area contributed by atoms with E-state index in [1.54, 1.807) is 0 Å². The number of benzene rings is 1. The van der Waals surface area contributed by atoms with E-state index in [1.165, 1.54) is 24.3 Å². The van der Waals surface area contributed by atoms with Crippen molar-refractivity contribution in [2.24, 2.45) is 5.73 Å². The van der Waals surface area contributed by atoms with Gasteiger partial charge in [0.05, 0.1) is 12.0 Å². The van der Waals surface area contributed by atoms with Gasteiger partial charge in [0.2, 0.25) is 5.91 Å². The van der Waals surface area contributed by atoms with E-state index in [0.717, 1.165) is 0 Å². The summed E-state index contributed by atoms with van der Waals surface area (Å²) < 4.78 is 0. The first-order chi connectivity index (χ1) is 7.02. The molecule has 1 rings (SSSR count). The molecule has 5 heteroatoms. The van der Waals surface area contributed by atoms with Gasteiger partial charge < -0.3 is 10.8 Å². The van der Waals surface area contributed by atoms with E-state index in [-0.39, 0.29) is 11.1 Å². The fourth-order valence-corrected chi connectivity index (χ4v) is 1.17. The molecule has 0 aliphatic carbocycles. The van der Waals surface area contributed by atoms with Crippen LogP contribution in [0, 0.1) is 0 Å². The number of hydrogen-bond acceptors (Lipinski definition) is 3. The first-order valence-corrected chi connectivity index (χ1v) is 4.16. The highest BCUT2D eigenvalue weighted by atomic mass is 16.4. The van der Waals surface area contributed by atoms with Crippen molar-refractivity contribution in [1.29, 1.82) is 0 Å². The minimum atomic E-state index is -1.21. The minimum absolute atomic E-state index is 0.00352. The van der Waals surface area contributed by atoms with Gasteiger partial charge in [0.1, 0.15) is 0 Å². The van der Waals surface area contributed by atoms with Crippen molar-refractivity contribution < 1.29 is 19.5 Å². The van der Waals surface area contributed by atoms with E-state index in [9.17, 15) is 14.4 Å². The Hall–Kier alpha value is -2.17. The van der Waals surface area contributed by atoms with Crippen LogP contribution in [-0.4, -0.2) is 22.8 Å². The Kier molecular flexibility index (Phi) is 3.17. The van der Waals surface area contributed by atoms with Crippen LogP contribution < -0.4 is 5.73 Å². The maximum Gasteiger partial charge on any atom is 0.336 e. The lowest BCUT2D eigenvalue weighted by Gasteiger charge is -2.02. The van der Waals surface area contributed by atoms with Crippen molar-refractivity contribution in [1.82, 2.24) is 0 Å². The van der Waals surface area contributed by atoms with Crippen molar-refractivity contribution in [3.63, 3.8) is 0 Å². The highest BCUT2D eigenvalue weighted by Crippen LogP contribution is 2.11. The van der Waals surface area contributed by atoms with Crippen molar-refractivity contribution in [3.8, 4) is 0 Å². The fraction of sp³-hybridized carbons (Fsp3) is 0.100. The van der Waals surface area contributed by atoms with E-state index in [0.29, 0.717) is 0 Å². The van der Waals surface area contributed by atoms with E-state index in [1.807, 2.05) is 0 Å². The molecule has 0 aromatic heterocycles. The van der Waals surface area contributed by atoms with Gasteiger partial charge in [-0.3, -0.25) is 9.59 Å². The van der Waals surface area contributed by atoms with Crippen LogP contribution in [0.3, 0.4) is 0 Å². The molecular weight excluding hydrogens is 198 g/mol. The molecule has 0 bridgehead atoms. The Morgan fingerprint density at radius 2 is 1.67 bits per heavy atom. The topological polar surface area (TPSA) is 97.5 Å². The molecule has 0 fully saturated rings. The molecule has 5 nitrogen and oxygen atoms in total. The van der Waals surface area contributed by atoms with Crippen LogP contribution in [-0.2, 0) is 4.79 Å². The van der Waals surface area contributed by atoms with Gasteiger partial charge >= 0.3 is 5.97 Å². The van der Waals surface area contributed by atoms with Crippen LogP contribution in [0.25, 0.3) is 0 Å². The largest absolute Gasteiger partial charge is 0.478 e. The van der Waals surface area contributed by atoms with Gasteiger partial charge in [0.15, 0.2) is 5.78 Å². The van der Waals surface area contributed by atoms with E-state index < -0.39 is 24.1 Å². The second kappa shape index (κ2) is 4.36. The number of primary amides is 1. The van der Waals surface area contributed by atoms with Gasteiger partial charge in [0.25, 0.3) is 0 Å². The Labute approximate surface area is 85.5 Å². The number of carbonyl (C=O) groups excluding carboxylic acids is 2. The number of Topliss-reactive ketones (excluding diaryl/α,β-unsaturated/α-hetero) is 1. The third kappa shape index (κ3) is 2.63. The summed E-state index contributed by atoms with van der Waals surface area (Å²) in [6, 6.07) is 5.69. The summed E-state index contributed by atoms with van der Waals surface area (Å²) in [5, 5.41) is 8.78. The third-order valence-corrected chi connectivity index (χ3v) is 1.79. The second-order valence-electron chi connectivity index (χ2n) is 2.92. The maximum atomic E-state index is 11.4. The Morgan fingerprint density at radius 1 is 1.13 bits per heavy atom. The predicted octanol–water partition coefficient (Wildman–Crippen LogP) is 0.443. The molecule has 1 aromatic carbocycles. The van der Waals surface area contributed by atoms with Crippen molar-refractivity contribution >= 4 is 17.7 Å². The molecule has 78 valence electrons. The lowest BCUT2D eigenvalue weighted by atomic mass is 10.0. The summed E-state index contributed by atoms with van der Waals surface area (Å²) in [4.78, 5) is 32.7. The van der Waals surface area contributed by atoms with Gasteiger partial charge in [0, 0.05) is 5.56 Å². The minimum Gasteiger partial charge on any atom is -0.478 e. The van der Waals surface area contributed by atoms with E-state index in [2.05, 4.69) is 0 Å². The van der Waals surface area contributed by atoms with Crippen LogP contribution in [0.5, 0.6) is 0 Å². The molecule has 0 aliphatic rings. The quantitative estimate of drug-likeness (QED) is 0.553. The molecule has 0 unspecified atom stereocenters. The zero-order valence-electron chi connectivity index (χ0n) is 7.77. The number of rotatable bonds is 4. The van der Waals surface area contributed by atoms with Gasteiger partial charge in [-0.2, -0.15) is 0 Å². The summed E-state index contributed by atoms with van der Waals surface area (Å²) in [7, 11) is 0. The summed E-state index contributed by atoms with van der Waals surface area (Å²) in [6.45, 7) is 0. The van der Waals surface area contributed by atoms with Gasteiger partial charge in [-0.15, -0.1) is 0 Å². The normalized spacial score (nSPS) is 9.60. The van der Waals surface area contributed by atoms with Crippen molar-refractivity contribution in [3.05, 3.63) is 35.4 Å². The molecule has 0 saturated carbocycles. The highest BCUT2D eigenvalue weighted by Gasteiger charge is 2.16. The third-order valence-electron chi connectivity index (χ3n) is 1.79. The lowest BCUT2D eigenvalue weighted by Crippen LogP contribution is -2.18. The molecule has 15 heavy (non-hydrogen) atoms. The number of hydrogen-bond donors (Lipinski definition) is 2. The molecule has 0 radical (unpaired) electrons. The van der Waals surface area contributed by atoms with Gasteiger partial charge in [-0.25, -0.2) is 4.79 Å². The first-order valence-electron chi connectivity index (χ1n) is 4.16. The monoisotopic (exact) mass is 207 g/mol. The number of ketones is 1. The second-order valence-corrected chi connectivity index (χ2v) is 2.92. The van der Waals surface area contributed by atoms with Gasteiger partial charge in [-0.05, 0) is 6.07 Å². The summed E-state index contributed by atoms with van der Waals surface area (Å²) in [5.74, 6) is -2.57. The number of carboxylic acid groups (broad SMARTS) is 1. The standard InChI is InChI=1S/C10H9NO4/c11-9(13)5-8(12)6-3-1-2-4-7(6)10(14)15/h1-4H,5H2,(H2,11,13)(H,14,15). The summed E-state index contributed by atoms with van der Waals surface area (Å²) in [5.41, 5.74) is 4.73. The Bertz CT molecular complexity index is 425. The van der Waals surface area contributed by atoms with E-state index in [4.69, 9.17) is 10.8 Å². The zero-order valence-corrected chi connectivity index (χ0v) is 7.77. The molecule has 1 aromatic rings. The number of nitrogens with two attached hydrogens (primary N) is 1. The van der Waals surface area contributed by atoms with Crippen molar-refractivity contribution in [2.45, 2.75) is 6.42 Å². The molecular formula is C10H9NO4. The molecule has 0 spiro atoms. The molecule has 3 N–H and O–H groups in total. The predicted molar refractivity (Wildman–Crippen MR) is 51.5 cm³/mol. The average molecular weight is 207 g/mol. The number of carboxylic acids is 1. The molecule has 0 atom stereocenters. The summed E-state index contributed by atoms with van der Waals surface area (Å²) >= 11 is 0. The average Bonchev–Trinajstić information content (AvgIpc) is 2.16. The lowest BCUT2D eigenvalue weighted by molar-refractivity contribution is -0.117. The van der Waals surface area contributed by atoms with Gasteiger partial charge in [-0.1, -0.05) is 18.2 Å². The first kappa shape index (κ1) is 10.9. The Morgan fingerprint density at radius 3 is 2.13 bits per heavy atom. The van der Waals surface area contributed by atoms with Crippen LogP contribution in [0.2, 0.25) is 0 Å². The SMILES string of the molecule is NC(=O)CC(=O)c1ccccc1C(=O)O. The molecule has 1 amide bonds. The summed E-state index contributed by atoms with van der Waals surface area (Å²) in [6.07, 6.45) is -0.482. The highest BCUT2D eigenvalue weighted by molar-refractivity contribution is 6.11. The van der Waals surface area contributed by atoms with E-state index >= 15 is 0 Å². The molecule has 0 aliphatic heterocycles. The van der Waals surface area contributed by atoms with Crippen molar-refractivity contribution in [2.75, 3.05) is 0 Å². The molecule has 0 heterocycles. The fourth-order valence-electron chi connectivity index (χ4n) is 1.17. The van der Waals surface area contributed by atoms with Crippen LogP contribution in [0.15, 0.2) is 24.3 Å². The number of amides is 1. The number of carbonyl (C=O) groups is 3. The van der Waals surface area contributed by atoms with Crippen LogP contribution in [0.1, 0.15) is 27.1 Å². The Balaban J connectivity index is 3.08. The zero-order chi connectivity index (χ0) is 11.4. The molecule has 0 saturated heterocycles.